The molecule has 0 saturated carbocycles. The number of rotatable bonds is 4. The van der Waals surface area contributed by atoms with Crippen LogP contribution in [0.15, 0.2) is 0 Å². The lowest BCUT2D eigenvalue weighted by molar-refractivity contribution is -0.148. The number of carboxylic acids is 2. The van der Waals surface area contributed by atoms with Crippen molar-refractivity contribution >= 4 is 35.8 Å². The van der Waals surface area contributed by atoms with Crippen molar-refractivity contribution in [2.45, 2.75) is 25.2 Å². The SMILES string of the molecule is CC(N1C(=O)NC(=O)C1C(=O)O)N1C(=O)NC(=O)C1C(=O)O. The second kappa shape index (κ2) is 4.98. The Morgan fingerprint density at radius 2 is 1.23 bits per heavy atom. The highest BCUT2D eigenvalue weighted by Gasteiger charge is 2.53. The Hall–Kier alpha value is -3.18. The van der Waals surface area contributed by atoms with Crippen LogP contribution < -0.4 is 10.6 Å². The van der Waals surface area contributed by atoms with Crippen LogP contribution in [0.4, 0.5) is 9.59 Å². The average Bonchev–Trinajstić information content (AvgIpc) is 2.84. The fourth-order valence-corrected chi connectivity index (χ4v) is 2.33. The number of amides is 6. The Balaban J connectivity index is 2.39. The van der Waals surface area contributed by atoms with Crippen molar-refractivity contribution in [1.29, 1.82) is 0 Å². The highest BCUT2D eigenvalue weighted by molar-refractivity contribution is 6.16. The molecule has 12 nitrogen and oxygen atoms in total. The van der Waals surface area contributed by atoms with Gasteiger partial charge < -0.3 is 10.2 Å². The minimum atomic E-state index is -1.93. The van der Waals surface area contributed by atoms with Gasteiger partial charge in [0.2, 0.25) is 12.1 Å². The van der Waals surface area contributed by atoms with E-state index in [4.69, 9.17) is 10.2 Å². The van der Waals surface area contributed by atoms with E-state index >= 15 is 0 Å². The molecule has 0 spiro atoms. The van der Waals surface area contributed by atoms with Crippen LogP contribution >= 0.6 is 0 Å². The zero-order chi connectivity index (χ0) is 16.8. The summed E-state index contributed by atoms with van der Waals surface area (Å²) in [6.07, 6.45) is -1.46. The van der Waals surface area contributed by atoms with E-state index in [1.165, 1.54) is 0 Å². The van der Waals surface area contributed by atoms with E-state index in [0.717, 1.165) is 6.92 Å². The Labute approximate surface area is 121 Å². The van der Waals surface area contributed by atoms with Crippen molar-refractivity contribution in [3.8, 4) is 0 Å². The molecule has 0 radical (unpaired) electrons. The average molecular weight is 314 g/mol. The largest absolute Gasteiger partial charge is 0.479 e. The van der Waals surface area contributed by atoms with E-state index in [0.29, 0.717) is 9.80 Å². The molecular formula is C10H10N4O8. The van der Waals surface area contributed by atoms with Gasteiger partial charge in [0.15, 0.2) is 0 Å². The van der Waals surface area contributed by atoms with Gasteiger partial charge in [-0.15, -0.1) is 0 Å². The van der Waals surface area contributed by atoms with E-state index in [2.05, 4.69) is 0 Å². The molecule has 2 fully saturated rings. The summed E-state index contributed by atoms with van der Waals surface area (Å²) in [5.41, 5.74) is 0. The molecule has 118 valence electrons. The van der Waals surface area contributed by atoms with Crippen LogP contribution in [0.3, 0.4) is 0 Å². The lowest BCUT2D eigenvalue weighted by Gasteiger charge is -2.33. The van der Waals surface area contributed by atoms with Crippen molar-refractivity contribution in [2.75, 3.05) is 0 Å². The second-order valence-corrected chi connectivity index (χ2v) is 4.52. The molecule has 2 rings (SSSR count). The predicted octanol–water partition coefficient (Wildman–Crippen LogP) is -2.66. The molecule has 22 heavy (non-hydrogen) atoms. The molecule has 0 bridgehead atoms. The van der Waals surface area contributed by atoms with Gasteiger partial charge in [0.1, 0.15) is 6.17 Å². The third kappa shape index (κ3) is 2.10. The van der Waals surface area contributed by atoms with Gasteiger partial charge in [0.05, 0.1) is 0 Å². The fourth-order valence-electron chi connectivity index (χ4n) is 2.33. The predicted molar refractivity (Wildman–Crippen MR) is 63.1 cm³/mol. The number of nitrogens with zero attached hydrogens (tertiary/aromatic N) is 2. The summed E-state index contributed by atoms with van der Waals surface area (Å²) in [5.74, 6) is -5.56. The zero-order valence-electron chi connectivity index (χ0n) is 11.0. The molecule has 12 heteroatoms. The molecule has 2 heterocycles. The van der Waals surface area contributed by atoms with Gasteiger partial charge in [0.25, 0.3) is 11.8 Å². The molecule has 0 aliphatic carbocycles. The van der Waals surface area contributed by atoms with E-state index in [1.807, 2.05) is 0 Å². The van der Waals surface area contributed by atoms with Crippen LogP contribution in [0.2, 0.25) is 0 Å². The summed E-state index contributed by atoms with van der Waals surface area (Å²) in [7, 11) is 0. The first kappa shape index (κ1) is 15.2. The van der Waals surface area contributed by atoms with Gasteiger partial charge in [-0.3, -0.25) is 30.0 Å². The van der Waals surface area contributed by atoms with Gasteiger partial charge in [-0.25, -0.2) is 19.2 Å². The van der Waals surface area contributed by atoms with Gasteiger partial charge in [-0.2, -0.15) is 0 Å². The number of carbonyl (C=O) groups excluding carboxylic acids is 4. The third-order valence-electron chi connectivity index (χ3n) is 3.26. The summed E-state index contributed by atoms with van der Waals surface area (Å²) in [5, 5.41) is 21.5. The summed E-state index contributed by atoms with van der Waals surface area (Å²) < 4.78 is 0. The molecule has 0 aromatic carbocycles. The Morgan fingerprint density at radius 1 is 0.909 bits per heavy atom. The highest BCUT2D eigenvalue weighted by Crippen LogP contribution is 2.21. The topological polar surface area (TPSA) is 173 Å². The van der Waals surface area contributed by atoms with Crippen LogP contribution in [0, 0.1) is 0 Å². The molecule has 2 aliphatic heterocycles. The number of urea groups is 2. The van der Waals surface area contributed by atoms with Crippen LogP contribution in [0.5, 0.6) is 0 Å². The maximum atomic E-state index is 11.7. The summed E-state index contributed by atoms with van der Waals surface area (Å²) in [6.45, 7) is 1.13. The van der Waals surface area contributed by atoms with E-state index in [-0.39, 0.29) is 0 Å². The van der Waals surface area contributed by atoms with Gasteiger partial charge in [-0.1, -0.05) is 0 Å². The lowest BCUT2D eigenvalue weighted by Crippen LogP contribution is -2.57. The minimum absolute atomic E-state index is 0.485. The smallest absolute Gasteiger partial charge is 0.336 e. The maximum absolute atomic E-state index is 11.7. The molecule has 6 amide bonds. The monoisotopic (exact) mass is 314 g/mol. The summed E-state index contributed by atoms with van der Waals surface area (Å²) >= 11 is 0. The van der Waals surface area contributed by atoms with E-state index in [1.54, 1.807) is 10.6 Å². The standard InChI is InChI=1S/C10H10N4O8/c1-2(13-3(7(17)18)5(15)11-9(13)21)14-4(8(19)20)6(16)12-10(14)22/h2-4H,1H3,(H,17,18)(H,19,20)(H,11,15,21)(H,12,16,22). The first-order chi connectivity index (χ1) is 10.2. The van der Waals surface area contributed by atoms with Gasteiger partial charge >= 0.3 is 24.0 Å². The quantitative estimate of drug-likeness (QED) is 0.321. The van der Waals surface area contributed by atoms with Crippen molar-refractivity contribution in [2.24, 2.45) is 0 Å². The minimum Gasteiger partial charge on any atom is -0.479 e. The van der Waals surface area contributed by atoms with Crippen LogP contribution in [0.1, 0.15) is 6.92 Å². The van der Waals surface area contributed by atoms with Crippen molar-refractivity contribution in [3.63, 3.8) is 0 Å². The fraction of sp³-hybridized carbons (Fsp3) is 0.400. The highest BCUT2D eigenvalue weighted by atomic mass is 16.4. The number of carboxylic acid groups (broad SMARTS) is 2. The summed E-state index contributed by atoms with van der Waals surface area (Å²) in [4.78, 5) is 69.5. The first-order valence-corrected chi connectivity index (χ1v) is 5.88. The third-order valence-corrected chi connectivity index (χ3v) is 3.26. The molecule has 4 N–H and O–H groups in total. The number of nitrogens with one attached hydrogen (secondary N) is 2. The maximum Gasteiger partial charge on any atom is 0.336 e. The van der Waals surface area contributed by atoms with Crippen molar-refractivity contribution < 1.29 is 39.0 Å². The Kier molecular flexibility index (Phi) is 3.44. The summed E-state index contributed by atoms with van der Waals surface area (Å²) in [6, 6.07) is -6.08. The number of aliphatic carboxylic acids is 2. The Bertz CT molecular complexity index is 564. The zero-order valence-corrected chi connectivity index (χ0v) is 11.0. The first-order valence-electron chi connectivity index (χ1n) is 5.88. The number of carbonyl (C=O) groups is 6. The number of imide groups is 2. The van der Waals surface area contributed by atoms with Crippen molar-refractivity contribution in [3.05, 3.63) is 0 Å². The Morgan fingerprint density at radius 3 is 1.50 bits per heavy atom. The molecular weight excluding hydrogens is 304 g/mol. The van der Waals surface area contributed by atoms with Gasteiger partial charge in [0, 0.05) is 0 Å². The van der Waals surface area contributed by atoms with Crippen LogP contribution in [0.25, 0.3) is 0 Å². The molecule has 2 atom stereocenters. The van der Waals surface area contributed by atoms with Crippen molar-refractivity contribution in [1.82, 2.24) is 20.4 Å². The molecule has 2 saturated heterocycles. The number of hydrogen-bond donors (Lipinski definition) is 4. The van der Waals surface area contributed by atoms with Gasteiger partial charge in [-0.05, 0) is 6.92 Å². The van der Waals surface area contributed by atoms with Crippen LogP contribution in [-0.2, 0) is 19.2 Å². The molecule has 0 aromatic rings. The normalized spacial score (nSPS) is 26.0. The molecule has 2 unspecified atom stereocenters. The number of hydrogen-bond acceptors (Lipinski definition) is 6. The van der Waals surface area contributed by atoms with E-state index < -0.39 is 54.1 Å². The lowest BCUT2D eigenvalue weighted by atomic mass is 10.2. The molecule has 0 aromatic heterocycles. The van der Waals surface area contributed by atoms with E-state index in [9.17, 15) is 28.8 Å². The second-order valence-electron chi connectivity index (χ2n) is 4.52. The molecule has 2 aliphatic rings. The van der Waals surface area contributed by atoms with Crippen LogP contribution in [-0.4, -0.2) is 74.1 Å².